The summed E-state index contributed by atoms with van der Waals surface area (Å²) in [7, 11) is 0. The van der Waals surface area contributed by atoms with Crippen molar-refractivity contribution in [2.75, 3.05) is 0 Å². The summed E-state index contributed by atoms with van der Waals surface area (Å²) < 4.78 is 4.25. The van der Waals surface area contributed by atoms with Crippen LogP contribution in [0, 0.1) is 0 Å². The van der Waals surface area contributed by atoms with Gasteiger partial charge in [0.05, 0.1) is 5.52 Å². The zero-order valence-electron chi connectivity index (χ0n) is 6.77. The summed E-state index contributed by atoms with van der Waals surface area (Å²) in [6.45, 7) is 0. The molecule has 0 saturated carbocycles. The van der Waals surface area contributed by atoms with Crippen LogP contribution in [0.15, 0.2) is 35.7 Å². The molecule has 1 aromatic rings. The van der Waals surface area contributed by atoms with Crippen LogP contribution in [0.1, 0.15) is 0 Å². The molecule has 0 atom stereocenters. The molecule has 0 aromatic heterocycles. The third-order valence-corrected chi connectivity index (χ3v) is 2.63. The van der Waals surface area contributed by atoms with Crippen molar-refractivity contribution in [3.8, 4) is 11.4 Å². The predicted molar refractivity (Wildman–Crippen MR) is 54.0 cm³/mol. The maximum absolute atomic E-state index is 4.41. The van der Waals surface area contributed by atoms with Crippen molar-refractivity contribution in [1.82, 2.24) is 9.36 Å². The normalized spacial score (nSPS) is 11.1. The lowest BCUT2D eigenvalue weighted by Gasteiger charge is -1.91. The van der Waals surface area contributed by atoms with Crippen LogP contribution in [0.25, 0.3) is 22.3 Å². The lowest BCUT2D eigenvalue weighted by Crippen LogP contribution is -1.76. The molecule has 2 aliphatic rings. The third-order valence-electron chi connectivity index (χ3n) is 2.10. The van der Waals surface area contributed by atoms with Gasteiger partial charge in [0, 0.05) is 16.3 Å². The summed E-state index contributed by atoms with van der Waals surface area (Å²) in [5, 5.41) is 3.18. The number of nitrogens with zero attached hydrogens (tertiary/aromatic N) is 2. The molecule has 0 bridgehead atoms. The largest absolute Gasteiger partial charge is 0.227 e. The molecule has 0 N–H and O–H groups in total. The number of fused-ring (bicyclic) bond motifs is 3. The van der Waals surface area contributed by atoms with Gasteiger partial charge in [-0.1, -0.05) is 18.2 Å². The minimum atomic E-state index is 0.855. The predicted octanol–water partition coefficient (Wildman–Crippen LogP) is 2.80. The molecule has 13 heavy (non-hydrogen) atoms. The zero-order valence-corrected chi connectivity index (χ0v) is 7.58. The van der Waals surface area contributed by atoms with Gasteiger partial charge in [-0.05, 0) is 23.7 Å². The molecular weight excluding hydrogens is 180 g/mol. The van der Waals surface area contributed by atoms with E-state index < -0.39 is 0 Å². The van der Waals surface area contributed by atoms with Gasteiger partial charge in [-0.3, -0.25) is 0 Å². The Bertz CT molecular complexity index is 529. The standard InChI is InChI=1S/C10H6N2S/c1-2-4-9-7(3-1)8-5-6-13-12-10(8)11-9/h1-6H. The van der Waals surface area contributed by atoms with Crippen molar-refractivity contribution < 1.29 is 0 Å². The van der Waals surface area contributed by atoms with Crippen LogP contribution in [0.5, 0.6) is 0 Å². The maximum atomic E-state index is 4.41. The third kappa shape index (κ3) is 0.939. The average molecular weight is 186 g/mol. The van der Waals surface area contributed by atoms with E-state index >= 15 is 0 Å². The highest BCUT2D eigenvalue weighted by molar-refractivity contribution is 7.03. The van der Waals surface area contributed by atoms with Crippen molar-refractivity contribution >= 4 is 22.4 Å². The summed E-state index contributed by atoms with van der Waals surface area (Å²) in [6.07, 6.45) is 0. The molecule has 3 heteroatoms. The van der Waals surface area contributed by atoms with E-state index in [0.717, 1.165) is 16.9 Å². The summed E-state index contributed by atoms with van der Waals surface area (Å²) in [5.41, 5.74) is 2.18. The fraction of sp³-hybridized carbons (Fsp3) is 0. The Morgan fingerprint density at radius 2 is 2.00 bits per heavy atom. The van der Waals surface area contributed by atoms with Crippen LogP contribution < -0.4 is 0 Å². The second-order valence-electron chi connectivity index (χ2n) is 2.87. The first-order chi connectivity index (χ1) is 6.45. The average Bonchev–Trinajstić information content (AvgIpc) is 2.56. The highest BCUT2D eigenvalue weighted by atomic mass is 32.1. The fourth-order valence-electron chi connectivity index (χ4n) is 1.51. The van der Waals surface area contributed by atoms with Gasteiger partial charge in [0.25, 0.3) is 0 Å². The van der Waals surface area contributed by atoms with Crippen molar-refractivity contribution in [2.24, 2.45) is 0 Å². The zero-order chi connectivity index (χ0) is 8.67. The van der Waals surface area contributed by atoms with Crippen molar-refractivity contribution in [1.29, 1.82) is 0 Å². The molecule has 0 unspecified atom stereocenters. The summed E-state index contributed by atoms with van der Waals surface area (Å²) >= 11 is 1.43. The van der Waals surface area contributed by atoms with Gasteiger partial charge in [0.1, 0.15) is 0 Å². The number of hydrogen-bond donors (Lipinski definition) is 0. The molecule has 0 radical (unpaired) electrons. The molecule has 0 fully saturated rings. The second kappa shape index (κ2) is 2.50. The Kier molecular flexibility index (Phi) is 1.34. The lowest BCUT2D eigenvalue weighted by atomic mass is 10.2. The highest BCUT2D eigenvalue weighted by Gasteiger charge is 2.10. The molecule has 0 saturated heterocycles. The first kappa shape index (κ1) is 6.97. The van der Waals surface area contributed by atoms with Gasteiger partial charge in [-0.15, -0.1) is 0 Å². The summed E-state index contributed by atoms with van der Waals surface area (Å²) in [6, 6.07) is 10.2. The first-order valence-electron chi connectivity index (χ1n) is 4.04. The second-order valence-corrected chi connectivity index (χ2v) is 3.53. The van der Waals surface area contributed by atoms with E-state index in [0.29, 0.717) is 0 Å². The Morgan fingerprint density at radius 1 is 1.08 bits per heavy atom. The van der Waals surface area contributed by atoms with Crippen LogP contribution >= 0.6 is 11.5 Å². The lowest BCUT2D eigenvalue weighted by molar-refractivity contribution is 1.35. The van der Waals surface area contributed by atoms with Gasteiger partial charge in [0.2, 0.25) is 0 Å². The molecule has 0 aliphatic carbocycles. The van der Waals surface area contributed by atoms with Crippen molar-refractivity contribution in [3.05, 3.63) is 35.7 Å². The van der Waals surface area contributed by atoms with Crippen LogP contribution in [0.2, 0.25) is 0 Å². The number of benzene rings is 1. The summed E-state index contributed by atoms with van der Waals surface area (Å²) in [5.74, 6) is 0.855. The molecule has 2 heterocycles. The number of hydrogen-bond acceptors (Lipinski definition) is 3. The van der Waals surface area contributed by atoms with Crippen LogP contribution in [0.4, 0.5) is 0 Å². The molecule has 2 aliphatic heterocycles. The van der Waals surface area contributed by atoms with E-state index in [1.165, 1.54) is 16.9 Å². The molecule has 0 spiro atoms. The van der Waals surface area contributed by atoms with E-state index in [9.17, 15) is 0 Å². The van der Waals surface area contributed by atoms with E-state index in [1.807, 2.05) is 23.6 Å². The van der Waals surface area contributed by atoms with Crippen LogP contribution in [0.3, 0.4) is 0 Å². The number of rotatable bonds is 0. The molecule has 1 aromatic carbocycles. The van der Waals surface area contributed by atoms with Gasteiger partial charge in [0.15, 0.2) is 5.82 Å². The van der Waals surface area contributed by atoms with Gasteiger partial charge < -0.3 is 0 Å². The minimum absolute atomic E-state index is 0.855. The monoisotopic (exact) mass is 186 g/mol. The minimum Gasteiger partial charge on any atom is -0.227 e. The van der Waals surface area contributed by atoms with Gasteiger partial charge in [-0.25, -0.2) is 4.98 Å². The van der Waals surface area contributed by atoms with E-state index in [4.69, 9.17) is 0 Å². The van der Waals surface area contributed by atoms with Crippen molar-refractivity contribution in [3.63, 3.8) is 0 Å². The van der Waals surface area contributed by atoms with E-state index in [1.54, 1.807) is 0 Å². The SMILES string of the molecule is c1ccc2c3ccsnc-3nc2c1. The Balaban J connectivity index is 2.56. The summed E-state index contributed by atoms with van der Waals surface area (Å²) in [4.78, 5) is 4.41. The van der Waals surface area contributed by atoms with E-state index in [2.05, 4.69) is 21.5 Å². The van der Waals surface area contributed by atoms with Gasteiger partial charge >= 0.3 is 0 Å². The van der Waals surface area contributed by atoms with Crippen LogP contribution in [-0.4, -0.2) is 9.36 Å². The molecular formula is C10H6N2S. The fourth-order valence-corrected chi connectivity index (χ4v) is 2.00. The Hall–Kier alpha value is -1.48. The topological polar surface area (TPSA) is 25.8 Å². The Morgan fingerprint density at radius 3 is 3.00 bits per heavy atom. The molecule has 62 valence electrons. The van der Waals surface area contributed by atoms with Gasteiger partial charge in [-0.2, -0.15) is 4.37 Å². The molecule has 2 nitrogen and oxygen atoms in total. The smallest absolute Gasteiger partial charge is 0.173 e. The maximum Gasteiger partial charge on any atom is 0.173 e. The molecule has 0 amide bonds. The first-order valence-corrected chi connectivity index (χ1v) is 4.88. The number of para-hydroxylation sites is 1. The Labute approximate surface area is 79.4 Å². The molecule has 3 rings (SSSR count). The van der Waals surface area contributed by atoms with Crippen LogP contribution in [-0.2, 0) is 0 Å². The van der Waals surface area contributed by atoms with E-state index in [-0.39, 0.29) is 0 Å². The highest BCUT2D eigenvalue weighted by Crippen LogP contribution is 2.29. The van der Waals surface area contributed by atoms with Crippen molar-refractivity contribution in [2.45, 2.75) is 0 Å². The number of aromatic nitrogens is 2. The quantitative estimate of drug-likeness (QED) is 0.539.